The molecule has 0 spiro atoms. The van der Waals surface area contributed by atoms with Crippen molar-refractivity contribution in [2.45, 2.75) is 0 Å². The summed E-state index contributed by atoms with van der Waals surface area (Å²) in [5, 5.41) is 0.805. The summed E-state index contributed by atoms with van der Waals surface area (Å²) in [4.78, 5) is 8.92. The molecule has 4 nitrogen and oxygen atoms in total. The van der Waals surface area contributed by atoms with Crippen molar-refractivity contribution in [3.05, 3.63) is 48.5 Å². The standard InChI is InChI=1S/C15H13N3O/c1-19-12-9-5-8-11-13(12)17-15(18-14(11)16)10-6-3-2-4-7-10/h2-9H,1H3,(H2,16,17,18). The second-order valence-corrected chi connectivity index (χ2v) is 4.15. The van der Waals surface area contributed by atoms with Gasteiger partial charge in [0.25, 0.3) is 0 Å². The molecule has 0 atom stereocenters. The maximum atomic E-state index is 6.01. The molecule has 0 amide bonds. The fourth-order valence-electron chi connectivity index (χ4n) is 2.03. The SMILES string of the molecule is COc1cccc2c(N)nc(-c3ccccc3)nc12. The molecule has 2 N–H and O–H groups in total. The lowest BCUT2D eigenvalue weighted by molar-refractivity contribution is 0.419. The minimum atomic E-state index is 0.461. The van der Waals surface area contributed by atoms with Crippen LogP contribution in [0.15, 0.2) is 48.5 Å². The van der Waals surface area contributed by atoms with Gasteiger partial charge in [-0.1, -0.05) is 36.4 Å². The quantitative estimate of drug-likeness (QED) is 0.760. The van der Waals surface area contributed by atoms with E-state index in [1.165, 1.54) is 0 Å². The fourth-order valence-corrected chi connectivity index (χ4v) is 2.03. The number of anilines is 1. The number of para-hydroxylation sites is 1. The van der Waals surface area contributed by atoms with Gasteiger partial charge in [0.2, 0.25) is 0 Å². The van der Waals surface area contributed by atoms with E-state index in [4.69, 9.17) is 10.5 Å². The molecule has 0 saturated heterocycles. The van der Waals surface area contributed by atoms with Crippen LogP contribution >= 0.6 is 0 Å². The molecule has 2 aromatic carbocycles. The summed E-state index contributed by atoms with van der Waals surface area (Å²) in [6.07, 6.45) is 0. The highest BCUT2D eigenvalue weighted by atomic mass is 16.5. The smallest absolute Gasteiger partial charge is 0.162 e. The van der Waals surface area contributed by atoms with Crippen LogP contribution in [0, 0.1) is 0 Å². The first-order chi connectivity index (χ1) is 9.29. The summed E-state index contributed by atoms with van der Waals surface area (Å²) in [6.45, 7) is 0. The zero-order valence-electron chi connectivity index (χ0n) is 10.5. The van der Waals surface area contributed by atoms with E-state index in [0.29, 0.717) is 17.4 Å². The predicted octanol–water partition coefficient (Wildman–Crippen LogP) is 2.89. The molecule has 1 heterocycles. The van der Waals surface area contributed by atoms with E-state index in [9.17, 15) is 0 Å². The summed E-state index contributed by atoms with van der Waals surface area (Å²) < 4.78 is 5.33. The molecule has 0 aliphatic heterocycles. The van der Waals surface area contributed by atoms with Gasteiger partial charge in [0.1, 0.15) is 17.1 Å². The summed E-state index contributed by atoms with van der Waals surface area (Å²) >= 11 is 0. The topological polar surface area (TPSA) is 61.0 Å². The largest absolute Gasteiger partial charge is 0.494 e. The van der Waals surface area contributed by atoms with Gasteiger partial charge < -0.3 is 10.5 Å². The molecule has 1 aromatic heterocycles. The Bertz CT molecular complexity index is 726. The van der Waals surface area contributed by atoms with Crippen LogP contribution in [0.1, 0.15) is 0 Å². The number of ether oxygens (including phenoxy) is 1. The molecule has 0 radical (unpaired) electrons. The maximum absolute atomic E-state index is 6.01. The Morgan fingerprint density at radius 2 is 1.74 bits per heavy atom. The lowest BCUT2D eigenvalue weighted by Crippen LogP contribution is -1.99. The molecule has 0 saturated carbocycles. The van der Waals surface area contributed by atoms with Crippen molar-refractivity contribution in [1.82, 2.24) is 9.97 Å². The number of aromatic nitrogens is 2. The minimum absolute atomic E-state index is 0.461. The van der Waals surface area contributed by atoms with Gasteiger partial charge in [0, 0.05) is 10.9 Å². The van der Waals surface area contributed by atoms with Crippen molar-refractivity contribution in [2.75, 3.05) is 12.8 Å². The van der Waals surface area contributed by atoms with Gasteiger partial charge in [-0.05, 0) is 12.1 Å². The first kappa shape index (κ1) is 11.5. The summed E-state index contributed by atoms with van der Waals surface area (Å²) in [6, 6.07) is 15.4. The number of hydrogen-bond acceptors (Lipinski definition) is 4. The number of rotatable bonds is 2. The van der Waals surface area contributed by atoms with E-state index in [1.807, 2.05) is 48.5 Å². The number of nitrogens with zero attached hydrogens (tertiary/aromatic N) is 2. The number of methoxy groups -OCH3 is 1. The van der Waals surface area contributed by atoms with E-state index in [0.717, 1.165) is 16.5 Å². The van der Waals surface area contributed by atoms with Gasteiger partial charge in [-0.3, -0.25) is 0 Å². The highest BCUT2D eigenvalue weighted by Crippen LogP contribution is 2.29. The van der Waals surface area contributed by atoms with Crippen molar-refractivity contribution in [1.29, 1.82) is 0 Å². The number of nitrogens with two attached hydrogens (primary N) is 1. The first-order valence-corrected chi connectivity index (χ1v) is 5.95. The van der Waals surface area contributed by atoms with Crippen LogP contribution in [-0.4, -0.2) is 17.1 Å². The molecule has 4 heteroatoms. The highest BCUT2D eigenvalue weighted by Gasteiger charge is 2.10. The van der Waals surface area contributed by atoms with Crippen molar-refractivity contribution in [3.8, 4) is 17.1 Å². The molecule has 0 unspecified atom stereocenters. The Kier molecular flexibility index (Phi) is 2.76. The molecule has 3 aromatic rings. The zero-order chi connectivity index (χ0) is 13.2. The third-order valence-electron chi connectivity index (χ3n) is 2.97. The van der Waals surface area contributed by atoms with Gasteiger partial charge in [0.15, 0.2) is 5.82 Å². The number of benzene rings is 2. The van der Waals surface area contributed by atoms with Crippen molar-refractivity contribution in [3.63, 3.8) is 0 Å². The molecule has 94 valence electrons. The Hall–Kier alpha value is -2.62. The van der Waals surface area contributed by atoms with E-state index in [-0.39, 0.29) is 0 Å². The third-order valence-corrected chi connectivity index (χ3v) is 2.97. The monoisotopic (exact) mass is 251 g/mol. The second-order valence-electron chi connectivity index (χ2n) is 4.15. The van der Waals surface area contributed by atoms with Crippen LogP contribution in [0.3, 0.4) is 0 Å². The van der Waals surface area contributed by atoms with Gasteiger partial charge in [0.05, 0.1) is 7.11 Å². The first-order valence-electron chi connectivity index (χ1n) is 5.95. The Morgan fingerprint density at radius 1 is 0.947 bits per heavy atom. The summed E-state index contributed by atoms with van der Waals surface area (Å²) in [7, 11) is 1.62. The van der Waals surface area contributed by atoms with Gasteiger partial charge in [-0.25, -0.2) is 9.97 Å². The molecule has 19 heavy (non-hydrogen) atoms. The molecule has 0 aliphatic rings. The maximum Gasteiger partial charge on any atom is 0.162 e. The van der Waals surface area contributed by atoms with E-state index in [2.05, 4.69) is 9.97 Å². The van der Waals surface area contributed by atoms with Crippen molar-refractivity contribution < 1.29 is 4.74 Å². The lowest BCUT2D eigenvalue weighted by Gasteiger charge is -2.08. The van der Waals surface area contributed by atoms with Gasteiger partial charge in [-0.2, -0.15) is 0 Å². The van der Waals surface area contributed by atoms with Gasteiger partial charge in [-0.15, -0.1) is 0 Å². The molecular weight excluding hydrogens is 238 g/mol. The fraction of sp³-hybridized carbons (Fsp3) is 0.0667. The second kappa shape index (κ2) is 4.57. The van der Waals surface area contributed by atoms with Gasteiger partial charge >= 0.3 is 0 Å². The zero-order valence-corrected chi connectivity index (χ0v) is 10.5. The normalized spacial score (nSPS) is 10.6. The van der Waals surface area contributed by atoms with Crippen LogP contribution in [0.2, 0.25) is 0 Å². The van der Waals surface area contributed by atoms with Crippen LogP contribution in [0.25, 0.3) is 22.3 Å². The van der Waals surface area contributed by atoms with Crippen LogP contribution < -0.4 is 10.5 Å². The Morgan fingerprint density at radius 3 is 2.47 bits per heavy atom. The molecule has 0 aliphatic carbocycles. The molecule has 0 fully saturated rings. The van der Waals surface area contributed by atoms with Crippen LogP contribution in [0.4, 0.5) is 5.82 Å². The minimum Gasteiger partial charge on any atom is -0.494 e. The Labute approximate surface area is 110 Å². The predicted molar refractivity (Wildman–Crippen MR) is 75.9 cm³/mol. The van der Waals surface area contributed by atoms with Crippen molar-refractivity contribution in [2.24, 2.45) is 0 Å². The van der Waals surface area contributed by atoms with E-state index in [1.54, 1.807) is 7.11 Å². The highest BCUT2D eigenvalue weighted by molar-refractivity contribution is 5.93. The lowest BCUT2D eigenvalue weighted by atomic mass is 10.1. The number of fused-ring (bicyclic) bond motifs is 1. The molecular formula is C15H13N3O. The third kappa shape index (κ3) is 1.97. The molecule has 0 bridgehead atoms. The summed E-state index contributed by atoms with van der Waals surface area (Å²) in [5.74, 6) is 1.77. The number of nitrogen functional groups attached to an aromatic ring is 1. The van der Waals surface area contributed by atoms with E-state index < -0.39 is 0 Å². The number of hydrogen-bond donors (Lipinski definition) is 1. The average Bonchev–Trinajstić information content (AvgIpc) is 2.47. The van der Waals surface area contributed by atoms with E-state index >= 15 is 0 Å². The Balaban J connectivity index is 2.29. The average molecular weight is 251 g/mol. The molecule has 3 rings (SSSR count). The van der Waals surface area contributed by atoms with Crippen LogP contribution in [-0.2, 0) is 0 Å². The van der Waals surface area contributed by atoms with Crippen molar-refractivity contribution >= 4 is 16.7 Å². The summed E-state index contributed by atoms with van der Waals surface area (Å²) in [5.41, 5.74) is 7.68. The van der Waals surface area contributed by atoms with Crippen LogP contribution in [0.5, 0.6) is 5.75 Å².